The first-order valence-electron chi connectivity index (χ1n) is 17.6. The Labute approximate surface area is 301 Å². The molecule has 0 radical (unpaired) electrons. The van der Waals surface area contributed by atoms with Crippen LogP contribution < -0.4 is 4.90 Å². The molecule has 1 aromatic heterocycles. The van der Waals surface area contributed by atoms with Crippen LogP contribution in [0.4, 0.5) is 17.1 Å². The van der Waals surface area contributed by atoms with Crippen molar-refractivity contribution in [3.63, 3.8) is 0 Å². The average Bonchev–Trinajstić information content (AvgIpc) is 3.67. The van der Waals surface area contributed by atoms with Crippen molar-refractivity contribution in [2.75, 3.05) is 4.90 Å². The van der Waals surface area contributed by atoms with E-state index in [1.54, 1.807) is 0 Å². The average molecular weight is 665 g/mol. The largest absolute Gasteiger partial charge is 0.435 e. The summed E-state index contributed by atoms with van der Waals surface area (Å²) in [6.45, 7) is 0. The van der Waals surface area contributed by atoms with Crippen LogP contribution in [0.3, 0.4) is 0 Å². The van der Waals surface area contributed by atoms with Gasteiger partial charge in [0, 0.05) is 28.0 Å². The molecule has 3 nitrogen and oxygen atoms in total. The quantitative estimate of drug-likeness (QED) is 0.166. The summed E-state index contributed by atoms with van der Waals surface area (Å²) >= 11 is 0. The summed E-state index contributed by atoms with van der Waals surface area (Å²) in [5.74, 6) is 0.627. The lowest BCUT2D eigenvalue weighted by molar-refractivity contribution is 0.623. The molecule has 0 bridgehead atoms. The van der Waals surface area contributed by atoms with Crippen molar-refractivity contribution in [2.24, 2.45) is 0 Å². The van der Waals surface area contributed by atoms with Crippen molar-refractivity contribution in [1.82, 2.24) is 4.98 Å². The summed E-state index contributed by atoms with van der Waals surface area (Å²) in [5, 5.41) is 6.92. The van der Waals surface area contributed by atoms with E-state index in [0.717, 1.165) is 55.3 Å². The number of oxazole rings is 1. The van der Waals surface area contributed by atoms with E-state index in [1.165, 1.54) is 33.0 Å². The molecule has 0 aliphatic heterocycles. The topological polar surface area (TPSA) is 29.3 Å². The van der Waals surface area contributed by atoms with Gasteiger partial charge in [-0.15, -0.1) is 0 Å². The highest BCUT2D eigenvalue weighted by molar-refractivity contribution is 6.18. The smallest absolute Gasteiger partial charge is 0.227 e. The van der Waals surface area contributed by atoms with Gasteiger partial charge >= 0.3 is 0 Å². The van der Waals surface area contributed by atoms with Crippen molar-refractivity contribution in [3.05, 3.63) is 194 Å². The second kappa shape index (κ2) is 12.4. The third kappa shape index (κ3) is 5.10. The van der Waals surface area contributed by atoms with Crippen LogP contribution in [0.15, 0.2) is 199 Å². The second-order valence-electron chi connectivity index (χ2n) is 13.2. The van der Waals surface area contributed by atoms with Gasteiger partial charge in [-0.05, 0) is 104 Å². The Balaban J connectivity index is 1.20. The van der Waals surface area contributed by atoms with Gasteiger partial charge in [-0.25, -0.2) is 4.98 Å². The fourth-order valence-electron chi connectivity index (χ4n) is 7.60. The highest BCUT2D eigenvalue weighted by Gasteiger charge is 2.19. The maximum absolute atomic E-state index is 6.57. The molecular formula is C49H32N2O. The van der Waals surface area contributed by atoms with Crippen LogP contribution in [0.1, 0.15) is 0 Å². The summed E-state index contributed by atoms with van der Waals surface area (Å²) in [6, 6.07) is 68.9. The van der Waals surface area contributed by atoms with Crippen LogP contribution in [0.25, 0.3) is 77.1 Å². The first kappa shape index (κ1) is 29.9. The van der Waals surface area contributed by atoms with Crippen molar-refractivity contribution >= 4 is 60.5 Å². The van der Waals surface area contributed by atoms with Gasteiger partial charge in [-0.2, -0.15) is 0 Å². The van der Waals surface area contributed by atoms with Gasteiger partial charge in [0.2, 0.25) is 5.89 Å². The van der Waals surface area contributed by atoms with E-state index in [1.807, 2.05) is 30.3 Å². The van der Waals surface area contributed by atoms with Crippen LogP contribution in [0, 0.1) is 0 Å². The SMILES string of the molecule is c1ccc(-c2nc3ccc4ccc5ccc(N(c6ccccc6)c6ccc(-c7cccc8ccccc78)c(-c7ccccc7)c6)cc5c4c3o2)cc1. The van der Waals surface area contributed by atoms with E-state index < -0.39 is 0 Å². The second-order valence-corrected chi connectivity index (χ2v) is 13.2. The molecule has 52 heavy (non-hydrogen) atoms. The first-order valence-corrected chi connectivity index (χ1v) is 17.6. The summed E-state index contributed by atoms with van der Waals surface area (Å²) in [4.78, 5) is 7.26. The molecule has 9 aromatic carbocycles. The van der Waals surface area contributed by atoms with Gasteiger partial charge in [0.05, 0.1) is 0 Å². The van der Waals surface area contributed by atoms with Crippen LogP contribution in [-0.2, 0) is 0 Å². The standard InChI is InChI=1S/C49H32N2O/c1-4-13-34(14-5-1)44-31-40(28-29-43(44)42-22-12-18-33-15-10-11-21-41(33)42)51(38-19-8-3-9-20-38)39-27-25-35-23-24-36-26-30-46-48(47(36)45(35)32-39)52-49(50-46)37-16-6-2-7-17-37/h1-32H. The fraction of sp³-hybridized carbons (Fsp3) is 0. The molecular weight excluding hydrogens is 633 g/mol. The van der Waals surface area contributed by atoms with Gasteiger partial charge < -0.3 is 9.32 Å². The molecule has 3 heteroatoms. The summed E-state index contributed by atoms with van der Waals surface area (Å²) < 4.78 is 6.57. The lowest BCUT2D eigenvalue weighted by Gasteiger charge is -2.27. The Morgan fingerprint density at radius 2 is 1.00 bits per heavy atom. The first-order chi connectivity index (χ1) is 25.8. The zero-order chi connectivity index (χ0) is 34.4. The van der Waals surface area contributed by atoms with Gasteiger partial charge in [-0.1, -0.05) is 140 Å². The molecule has 1 heterocycles. The van der Waals surface area contributed by atoms with Crippen molar-refractivity contribution in [3.8, 4) is 33.7 Å². The molecule has 0 saturated heterocycles. The number of aromatic nitrogens is 1. The Morgan fingerprint density at radius 1 is 0.385 bits per heavy atom. The van der Waals surface area contributed by atoms with E-state index in [2.05, 4.69) is 169 Å². The predicted octanol–water partition coefficient (Wildman–Crippen LogP) is 13.8. The minimum atomic E-state index is 0.627. The lowest BCUT2D eigenvalue weighted by atomic mass is 9.90. The molecule has 244 valence electrons. The Hall–Kier alpha value is -6.97. The van der Waals surface area contributed by atoms with Crippen molar-refractivity contribution in [2.45, 2.75) is 0 Å². The molecule has 0 unspecified atom stereocenters. The van der Waals surface area contributed by atoms with Gasteiger partial charge in [-0.3, -0.25) is 0 Å². The summed E-state index contributed by atoms with van der Waals surface area (Å²) in [6.07, 6.45) is 0. The minimum absolute atomic E-state index is 0.627. The monoisotopic (exact) mass is 664 g/mol. The zero-order valence-electron chi connectivity index (χ0n) is 28.3. The van der Waals surface area contributed by atoms with Crippen LogP contribution in [-0.4, -0.2) is 4.98 Å². The molecule has 0 atom stereocenters. The number of fused-ring (bicyclic) bond motifs is 6. The minimum Gasteiger partial charge on any atom is -0.435 e. The molecule has 0 aliphatic carbocycles. The molecule has 0 amide bonds. The number of rotatable bonds is 6. The lowest BCUT2D eigenvalue weighted by Crippen LogP contribution is -2.10. The molecule has 10 rings (SSSR count). The number of hydrogen-bond acceptors (Lipinski definition) is 3. The molecule has 0 spiro atoms. The van der Waals surface area contributed by atoms with E-state index in [-0.39, 0.29) is 0 Å². The van der Waals surface area contributed by atoms with Gasteiger partial charge in [0.15, 0.2) is 5.58 Å². The molecule has 0 N–H and O–H groups in total. The fourth-order valence-corrected chi connectivity index (χ4v) is 7.60. The number of nitrogens with zero attached hydrogens (tertiary/aromatic N) is 2. The molecule has 0 saturated carbocycles. The Morgan fingerprint density at radius 3 is 1.83 bits per heavy atom. The molecule has 10 aromatic rings. The third-order valence-electron chi connectivity index (χ3n) is 10.1. The van der Waals surface area contributed by atoms with E-state index in [4.69, 9.17) is 9.40 Å². The van der Waals surface area contributed by atoms with Crippen LogP contribution >= 0.6 is 0 Å². The highest BCUT2D eigenvalue weighted by atomic mass is 16.3. The van der Waals surface area contributed by atoms with Crippen molar-refractivity contribution in [1.29, 1.82) is 0 Å². The Bertz CT molecular complexity index is 2890. The Kier molecular flexibility index (Phi) is 7.14. The van der Waals surface area contributed by atoms with Gasteiger partial charge in [0.1, 0.15) is 5.52 Å². The van der Waals surface area contributed by atoms with E-state index >= 15 is 0 Å². The maximum Gasteiger partial charge on any atom is 0.227 e. The molecule has 0 aliphatic rings. The maximum atomic E-state index is 6.57. The van der Waals surface area contributed by atoms with Crippen molar-refractivity contribution < 1.29 is 4.42 Å². The number of anilines is 3. The van der Waals surface area contributed by atoms with E-state index in [0.29, 0.717) is 5.89 Å². The predicted molar refractivity (Wildman–Crippen MR) is 218 cm³/mol. The van der Waals surface area contributed by atoms with E-state index in [9.17, 15) is 0 Å². The third-order valence-corrected chi connectivity index (χ3v) is 10.1. The normalized spacial score (nSPS) is 11.5. The summed E-state index contributed by atoms with van der Waals surface area (Å²) in [7, 11) is 0. The van der Waals surface area contributed by atoms with Crippen LogP contribution in [0.5, 0.6) is 0 Å². The summed E-state index contributed by atoms with van der Waals surface area (Å²) in [5.41, 5.74) is 10.6. The van der Waals surface area contributed by atoms with Gasteiger partial charge in [0.25, 0.3) is 0 Å². The zero-order valence-corrected chi connectivity index (χ0v) is 28.3. The van der Waals surface area contributed by atoms with Crippen LogP contribution in [0.2, 0.25) is 0 Å². The number of benzene rings is 9. The highest BCUT2D eigenvalue weighted by Crippen LogP contribution is 2.44. The number of para-hydroxylation sites is 1. The molecule has 0 fully saturated rings. The number of hydrogen-bond donors (Lipinski definition) is 0.